The Kier molecular flexibility index (Phi) is 8.39. The zero-order valence-corrected chi connectivity index (χ0v) is 27.2. The monoisotopic (exact) mass is 625 g/mol. The molecule has 0 N–H and O–H groups in total. The quantitative estimate of drug-likeness (QED) is 0.162. The second-order valence-electron chi connectivity index (χ2n) is 12.2. The van der Waals surface area contributed by atoms with E-state index in [4.69, 9.17) is 0 Å². The number of nitrogens with zero attached hydrogens (tertiary/aromatic N) is 1. The second-order valence-corrected chi connectivity index (χ2v) is 12.2. The van der Waals surface area contributed by atoms with Gasteiger partial charge in [0.05, 0.1) is 0 Å². The van der Waals surface area contributed by atoms with E-state index >= 15 is 0 Å². The smallest absolute Gasteiger partial charge is 0.0473 e. The van der Waals surface area contributed by atoms with Crippen molar-refractivity contribution in [3.8, 4) is 55.6 Å². The number of para-hydroxylation sites is 1. The van der Waals surface area contributed by atoms with Crippen molar-refractivity contribution in [2.75, 3.05) is 4.90 Å². The van der Waals surface area contributed by atoms with Gasteiger partial charge in [-0.1, -0.05) is 170 Å². The highest BCUT2D eigenvalue weighted by Gasteiger charge is 2.17. The summed E-state index contributed by atoms with van der Waals surface area (Å²) in [7, 11) is 0. The molecule has 1 nitrogen and oxygen atoms in total. The van der Waals surface area contributed by atoms with Crippen LogP contribution < -0.4 is 4.90 Å². The standard InChI is InChI=1S/C48H35N/c1-5-17-36(18-6-1)40-33-41(37-19-7-2-8-20-37)35-44(34-40)49(42-23-11-4-12-24-42)43-31-29-39(30-32-43)46-26-14-16-28-48(46)47-27-15-13-25-45(47)38-21-9-3-10-22-38/h1-35H. The Morgan fingerprint density at radius 2 is 0.551 bits per heavy atom. The third-order valence-corrected chi connectivity index (χ3v) is 9.07. The first-order chi connectivity index (χ1) is 24.3. The minimum Gasteiger partial charge on any atom is -0.310 e. The van der Waals surface area contributed by atoms with Crippen molar-refractivity contribution in [3.63, 3.8) is 0 Å². The van der Waals surface area contributed by atoms with Gasteiger partial charge in [0.15, 0.2) is 0 Å². The van der Waals surface area contributed by atoms with Gasteiger partial charge in [0, 0.05) is 17.1 Å². The van der Waals surface area contributed by atoms with E-state index < -0.39 is 0 Å². The summed E-state index contributed by atoms with van der Waals surface area (Å²) in [5.41, 5.74) is 15.3. The zero-order chi connectivity index (χ0) is 32.8. The lowest BCUT2D eigenvalue weighted by molar-refractivity contribution is 1.28. The third kappa shape index (κ3) is 6.31. The summed E-state index contributed by atoms with van der Waals surface area (Å²) < 4.78 is 0. The highest BCUT2D eigenvalue weighted by atomic mass is 15.1. The van der Waals surface area contributed by atoms with Gasteiger partial charge in [0.2, 0.25) is 0 Å². The largest absolute Gasteiger partial charge is 0.310 e. The van der Waals surface area contributed by atoms with Gasteiger partial charge in [0.1, 0.15) is 0 Å². The van der Waals surface area contributed by atoms with Gasteiger partial charge in [-0.3, -0.25) is 0 Å². The molecule has 0 saturated carbocycles. The summed E-state index contributed by atoms with van der Waals surface area (Å²) >= 11 is 0. The van der Waals surface area contributed by atoms with Crippen molar-refractivity contribution >= 4 is 17.1 Å². The van der Waals surface area contributed by atoms with Crippen molar-refractivity contribution in [2.24, 2.45) is 0 Å². The van der Waals surface area contributed by atoms with E-state index in [9.17, 15) is 0 Å². The fourth-order valence-electron chi connectivity index (χ4n) is 6.71. The third-order valence-electron chi connectivity index (χ3n) is 9.07. The minimum atomic E-state index is 1.10. The van der Waals surface area contributed by atoms with Crippen molar-refractivity contribution < 1.29 is 0 Å². The first-order valence-corrected chi connectivity index (χ1v) is 16.8. The molecule has 0 heterocycles. The maximum Gasteiger partial charge on any atom is 0.0473 e. The highest BCUT2D eigenvalue weighted by molar-refractivity contribution is 5.92. The molecule has 8 aromatic carbocycles. The molecule has 0 bridgehead atoms. The molecule has 232 valence electrons. The van der Waals surface area contributed by atoms with Gasteiger partial charge in [-0.25, -0.2) is 0 Å². The average Bonchev–Trinajstić information content (AvgIpc) is 3.20. The van der Waals surface area contributed by atoms with Crippen LogP contribution in [0.25, 0.3) is 55.6 Å². The van der Waals surface area contributed by atoms with Gasteiger partial charge in [-0.2, -0.15) is 0 Å². The molecule has 8 aromatic rings. The topological polar surface area (TPSA) is 3.24 Å². The summed E-state index contributed by atoms with van der Waals surface area (Å²) in [6.45, 7) is 0. The summed E-state index contributed by atoms with van der Waals surface area (Å²) in [6, 6.07) is 76.0. The molecule has 0 amide bonds. The van der Waals surface area contributed by atoms with E-state index in [2.05, 4.69) is 217 Å². The molecule has 1 heteroatoms. The van der Waals surface area contributed by atoms with Crippen molar-refractivity contribution in [2.45, 2.75) is 0 Å². The summed E-state index contributed by atoms with van der Waals surface area (Å²) in [5, 5.41) is 0. The first kappa shape index (κ1) is 29.9. The normalized spacial score (nSPS) is 10.9. The Hall–Kier alpha value is -6.44. The van der Waals surface area contributed by atoms with Crippen molar-refractivity contribution in [1.29, 1.82) is 0 Å². The van der Waals surface area contributed by atoms with Crippen LogP contribution in [0.5, 0.6) is 0 Å². The van der Waals surface area contributed by atoms with E-state index in [1.807, 2.05) is 0 Å². The lowest BCUT2D eigenvalue weighted by Gasteiger charge is -2.27. The number of anilines is 3. The van der Waals surface area contributed by atoms with Crippen LogP contribution in [0, 0.1) is 0 Å². The molecule has 0 aliphatic heterocycles. The van der Waals surface area contributed by atoms with E-state index in [1.54, 1.807) is 0 Å². The highest BCUT2D eigenvalue weighted by Crippen LogP contribution is 2.42. The maximum atomic E-state index is 2.36. The molecule has 0 aliphatic rings. The van der Waals surface area contributed by atoms with Crippen LogP contribution in [0.4, 0.5) is 17.1 Å². The molecular weight excluding hydrogens is 591 g/mol. The number of hydrogen-bond acceptors (Lipinski definition) is 1. The Bertz CT molecular complexity index is 2240. The Morgan fingerprint density at radius 3 is 1.02 bits per heavy atom. The van der Waals surface area contributed by atoms with E-state index in [0.29, 0.717) is 0 Å². The Balaban J connectivity index is 1.24. The fraction of sp³-hybridized carbons (Fsp3) is 0. The van der Waals surface area contributed by atoms with Gasteiger partial charge in [0.25, 0.3) is 0 Å². The minimum absolute atomic E-state index is 1.10. The Labute approximate surface area is 289 Å². The molecule has 0 aromatic heterocycles. The predicted octanol–water partition coefficient (Wildman–Crippen LogP) is 13.5. The zero-order valence-electron chi connectivity index (χ0n) is 27.2. The predicted molar refractivity (Wildman–Crippen MR) is 208 cm³/mol. The van der Waals surface area contributed by atoms with Gasteiger partial charge in [-0.15, -0.1) is 0 Å². The molecule has 0 aliphatic carbocycles. The van der Waals surface area contributed by atoms with Crippen LogP contribution in [-0.2, 0) is 0 Å². The van der Waals surface area contributed by atoms with Crippen LogP contribution in [0.3, 0.4) is 0 Å². The summed E-state index contributed by atoms with van der Waals surface area (Å²) in [6.07, 6.45) is 0. The fourth-order valence-corrected chi connectivity index (χ4v) is 6.71. The molecule has 0 saturated heterocycles. The number of rotatable bonds is 8. The first-order valence-electron chi connectivity index (χ1n) is 16.8. The summed E-state index contributed by atoms with van der Waals surface area (Å²) in [5.74, 6) is 0. The number of benzene rings is 8. The SMILES string of the molecule is c1ccc(-c2cc(-c3ccccc3)cc(N(c3ccccc3)c3ccc(-c4ccccc4-c4ccccc4-c4ccccc4)cc3)c2)cc1. The second kappa shape index (κ2) is 13.7. The lowest BCUT2D eigenvalue weighted by atomic mass is 9.89. The van der Waals surface area contributed by atoms with Crippen molar-refractivity contribution in [3.05, 3.63) is 212 Å². The van der Waals surface area contributed by atoms with Gasteiger partial charge >= 0.3 is 0 Å². The molecule has 0 unspecified atom stereocenters. The van der Waals surface area contributed by atoms with Crippen LogP contribution in [-0.4, -0.2) is 0 Å². The van der Waals surface area contributed by atoms with Crippen LogP contribution in [0.2, 0.25) is 0 Å². The molecule has 0 spiro atoms. The van der Waals surface area contributed by atoms with Crippen LogP contribution >= 0.6 is 0 Å². The maximum absolute atomic E-state index is 2.36. The van der Waals surface area contributed by atoms with E-state index in [-0.39, 0.29) is 0 Å². The lowest BCUT2D eigenvalue weighted by Crippen LogP contribution is -2.10. The molecular formula is C48H35N. The van der Waals surface area contributed by atoms with Gasteiger partial charge in [-0.05, 0) is 98.1 Å². The van der Waals surface area contributed by atoms with Crippen molar-refractivity contribution in [1.82, 2.24) is 0 Å². The average molecular weight is 626 g/mol. The molecule has 49 heavy (non-hydrogen) atoms. The van der Waals surface area contributed by atoms with Crippen LogP contribution in [0.1, 0.15) is 0 Å². The molecule has 0 fully saturated rings. The van der Waals surface area contributed by atoms with E-state index in [0.717, 1.165) is 17.1 Å². The van der Waals surface area contributed by atoms with Crippen LogP contribution in [0.15, 0.2) is 212 Å². The number of hydrogen-bond donors (Lipinski definition) is 0. The molecule has 8 rings (SSSR count). The Morgan fingerprint density at radius 1 is 0.204 bits per heavy atom. The van der Waals surface area contributed by atoms with Gasteiger partial charge < -0.3 is 4.90 Å². The summed E-state index contributed by atoms with van der Waals surface area (Å²) in [4.78, 5) is 2.36. The molecule has 0 atom stereocenters. The van der Waals surface area contributed by atoms with E-state index in [1.165, 1.54) is 55.6 Å². The molecule has 0 radical (unpaired) electrons.